The van der Waals surface area contributed by atoms with Crippen molar-refractivity contribution >= 4 is 34.4 Å². The van der Waals surface area contributed by atoms with E-state index in [1.807, 2.05) is 75.3 Å². The number of ether oxygens (including phenoxy) is 1. The molecule has 1 N–H and O–H groups in total. The molecule has 1 aliphatic heterocycles. The van der Waals surface area contributed by atoms with Gasteiger partial charge in [-0.1, -0.05) is 24.3 Å². The van der Waals surface area contributed by atoms with E-state index in [0.29, 0.717) is 22.6 Å². The van der Waals surface area contributed by atoms with Crippen LogP contribution in [0.5, 0.6) is 5.75 Å². The number of carbonyl (C=O) groups excluding carboxylic acids is 2. The molecule has 168 valence electrons. The molecule has 0 unspecified atom stereocenters. The summed E-state index contributed by atoms with van der Waals surface area (Å²) in [5.41, 5.74) is 5.71. The minimum atomic E-state index is -0.404. The summed E-state index contributed by atoms with van der Waals surface area (Å²) in [5.74, 6) is -0.205. The third-order valence-corrected chi connectivity index (χ3v) is 5.84. The number of carbonyl (C=O) groups is 2. The molecule has 1 heterocycles. The largest absolute Gasteiger partial charge is 0.497 e. The van der Waals surface area contributed by atoms with E-state index in [9.17, 15) is 9.59 Å². The number of aryl methyl sites for hydroxylation is 2. The number of imide groups is 1. The summed E-state index contributed by atoms with van der Waals surface area (Å²) in [6.45, 7) is 4.01. The van der Waals surface area contributed by atoms with Gasteiger partial charge < -0.3 is 15.0 Å². The zero-order valence-corrected chi connectivity index (χ0v) is 19.5. The van der Waals surface area contributed by atoms with Crippen LogP contribution in [0.15, 0.2) is 72.4 Å². The number of anilines is 3. The number of nitrogens with one attached hydrogen (secondary N) is 1. The van der Waals surface area contributed by atoms with E-state index in [-0.39, 0.29) is 11.6 Å². The van der Waals surface area contributed by atoms with Crippen LogP contribution in [0.4, 0.5) is 17.1 Å². The standard InChI is InChI=1S/C27H27N3O3/c1-17-9-10-19(15-18(17)2)24-25(28-20-11-13-21(14-12-20)29(3)4)27(32)30(26(24)31)22-7-6-8-23(16-22)33-5/h6-16,28H,1-5H3. The number of hydrogen-bond acceptors (Lipinski definition) is 5. The zero-order valence-electron chi connectivity index (χ0n) is 19.5. The van der Waals surface area contributed by atoms with E-state index in [4.69, 9.17) is 4.74 Å². The van der Waals surface area contributed by atoms with Crippen LogP contribution in [0.1, 0.15) is 16.7 Å². The first-order chi connectivity index (χ1) is 15.8. The van der Waals surface area contributed by atoms with Crippen LogP contribution in [0.2, 0.25) is 0 Å². The highest BCUT2D eigenvalue weighted by Gasteiger charge is 2.40. The Bertz CT molecular complexity index is 1260. The van der Waals surface area contributed by atoms with Gasteiger partial charge in [0, 0.05) is 31.5 Å². The first kappa shape index (κ1) is 22.1. The van der Waals surface area contributed by atoms with Crippen LogP contribution in [0, 0.1) is 13.8 Å². The summed E-state index contributed by atoms with van der Waals surface area (Å²) >= 11 is 0. The summed E-state index contributed by atoms with van der Waals surface area (Å²) < 4.78 is 5.30. The maximum Gasteiger partial charge on any atom is 0.282 e. The highest BCUT2D eigenvalue weighted by Crippen LogP contribution is 2.35. The summed E-state index contributed by atoms with van der Waals surface area (Å²) in [6, 6.07) is 20.4. The molecule has 3 aromatic carbocycles. The Labute approximate surface area is 194 Å². The number of hydrogen-bond donors (Lipinski definition) is 1. The molecular formula is C27H27N3O3. The van der Waals surface area contributed by atoms with E-state index < -0.39 is 5.91 Å². The molecule has 0 aliphatic carbocycles. The van der Waals surface area contributed by atoms with Crippen LogP contribution < -0.4 is 19.9 Å². The van der Waals surface area contributed by atoms with Crippen molar-refractivity contribution in [2.45, 2.75) is 13.8 Å². The molecule has 1 aliphatic rings. The average molecular weight is 442 g/mol. The predicted molar refractivity (Wildman–Crippen MR) is 133 cm³/mol. The molecule has 0 spiro atoms. The minimum absolute atomic E-state index is 0.253. The quantitative estimate of drug-likeness (QED) is 0.558. The third-order valence-electron chi connectivity index (χ3n) is 5.84. The molecule has 0 radical (unpaired) electrons. The lowest BCUT2D eigenvalue weighted by Crippen LogP contribution is -2.32. The van der Waals surface area contributed by atoms with Crippen molar-refractivity contribution < 1.29 is 14.3 Å². The van der Waals surface area contributed by atoms with Crippen LogP contribution >= 0.6 is 0 Å². The first-order valence-corrected chi connectivity index (χ1v) is 10.7. The van der Waals surface area contributed by atoms with E-state index in [2.05, 4.69) is 5.32 Å². The number of amides is 2. The Balaban J connectivity index is 1.80. The van der Waals surface area contributed by atoms with Gasteiger partial charge in [-0.05, 0) is 66.9 Å². The van der Waals surface area contributed by atoms with Crippen LogP contribution in [0.3, 0.4) is 0 Å². The maximum absolute atomic E-state index is 13.6. The Hall–Kier alpha value is -4.06. The third kappa shape index (κ3) is 4.20. The van der Waals surface area contributed by atoms with Crippen molar-refractivity contribution in [1.82, 2.24) is 0 Å². The normalized spacial score (nSPS) is 13.5. The number of nitrogens with zero attached hydrogens (tertiary/aromatic N) is 2. The fraction of sp³-hybridized carbons (Fsp3) is 0.185. The molecule has 0 bridgehead atoms. The Morgan fingerprint density at radius 1 is 0.848 bits per heavy atom. The molecular weight excluding hydrogens is 414 g/mol. The molecule has 0 saturated heterocycles. The molecule has 33 heavy (non-hydrogen) atoms. The Morgan fingerprint density at radius 3 is 2.21 bits per heavy atom. The summed E-state index contributed by atoms with van der Waals surface area (Å²) in [6.07, 6.45) is 0. The van der Waals surface area contributed by atoms with Gasteiger partial charge >= 0.3 is 0 Å². The van der Waals surface area contributed by atoms with Crippen LogP contribution in [-0.2, 0) is 9.59 Å². The van der Waals surface area contributed by atoms with Gasteiger partial charge in [-0.3, -0.25) is 9.59 Å². The molecule has 2 amide bonds. The summed E-state index contributed by atoms with van der Waals surface area (Å²) in [4.78, 5) is 30.4. The molecule has 0 fully saturated rings. The van der Waals surface area contributed by atoms with Crippen molar-refractivity contribution in [2.24, 2.45) is 0 Å². The van der Waals surface area contributed by atoms with Gasteiger partial charge in [0.2, 0.25) is 0 Å². The SMILES string of the molecule is COc1cccc(N2C(=O)C(Nc3ccc(N(C)C)cc3)=C(c3ccc(C)c(C)c3)C2=O)c1. The Kier molecular flexibility index (Phi) is 5.92. The molecule has 0 aromatic heterocycles. The smallest absolute Gasteiger partial charge is 0.282 e. The van der Waals surface area contributed by atoms with Gasteiger partial charge in [0.15, 0.2) is 0 Å². The first-order valence-electron chi connectivity index (χ1n) is 10.7. The lowest BCUT2D eigenvalue weighted by molar-refractivity contribution is -0.120. The lowest BCUT2D eigenvalue weighted by Gasteiger charge is -2.16. The highest BCUT2D eigenvalue weighted by molar-refractivity contribution is 6.46. The molecule has 6 nitrogen and oxygen atoms in total. The van der Waals surface area contributed by atoms with Gasteiger partial charge in [-0.15, -0.1) is 0 Å². The molecule has 4 rings (SSSR count). The van der Waals surface area contributed by atoms with E-state index >= 15 is 0 Å². The van der Waals surface area contributed by atoms with Gasteiger partial charge in [0.05, 0.1) is 18.4 Å². The predicted octanol–water partition coefficient (Wildman–Crippen LogP) is 4.77. The lowest BCUT2D eigenvalue weighted by atomic mass is 9.99. The minimum Gasteiger partial charge on any atom is -0.497 e. The molecule has 0 atom stereocenters. The van der Waals surface area contributed by atoms with Crippen molar-refractivity contribution in [3.05, 3.63) is 89.1 Å². The van der Waals surface area contributed by atoms with Crippen molar-refractivity contribution in [1.29, 1.82) is 0 Å². The number of methoxy groups -OCH3 is 1. The number of benzene rings is 3. The van der Waals surface area contributed by atoms with Crippen molar-refractivity contribution in [3.63, 3.8) is 0 Å². The maximum atomic E-state index is 13.6. The van der Waals surface area contributed by atoms with E-state index in [1.165, 1.54) is 4.90 Å². The van der Waals surface area contributed by atoms with Crippen LogP contribution in [0.25, 0.3) is 5.57 Å². The van der Waals surface area contributed by atoms with Crippen molar-refractivity contribution in [2.75, 3.05) is 36.3 Å². The second kappa shape index (κ2) is 8.82. The second-order valence-electron chi connectivity index (χ2n) is 8.26. The van der Waals surface area contributed by atoms with E-state index in [0.717, 1.165) is 22.5 Å². The molecule has 0 saturated carbocycles. The topological polar surface area (TPSA) is 61.9 Å². The van der Waals surface area contributed by atoms with Gasteiger partial charge in [0.1, 0.15) is 11.4 Å². The molecule has 6 heteroatoms. The molecule has 3 aromatic rings. The van der Waals surface area contributed by atoms with E-state index in [1.54, 1.807) is 31.4 Å². The Morgan fingerprint density at radius 2 is 1.58 bits per heavy atom. The van der Waals surface area contributed by atoms with Gasteiger partial charge in [0.25, 0.3) is 11.8 Å². The summed E-state index contributed by atoms with van der Waals surface area (Å²) in [7, 11) is 5.48. The fourth-order valence-corrected chi connectivity index (χ4v) is 3.78. The van der Waals surface area contributed by atoms with Crippen molar-refractivity contribution in [3.8, 4) is 5.75 Å². The highest BCUT2D eigenvalue weighted by atomic mass is 16.5. The fourth-order valence-electron chi connectivity index (χ4n) is 3.78. The van der Waals surface area contributed by atoms with Crippen LogP contribution in [-0.4, -0.2) is 33.0 Å². The second-order valence-corrected chi connectivity index (χ2v) is 8.26. The van der Waals surface area contributed by atoms with Gasteiger partial charge in [-0.25, -0.2) is 4.90 Å². The summed E-state index contributed by atoms with van der Waals surface area (Å²) in [5, 5.41) is 3.22. The zero-order chi connectivity index (χ0) is 23.7. The van der Waals surface area contributed by atoms with Gasteiger partial charge in [-0.2, -0.15) is 0 Å². The monoisotopic (exact) mass is 441 g/mol. The average Bonchev–Trinajstić information content (AvgIpc) is 3.05. The number of rotatable bonds is 6.